The average molecular weight is 393 g/mol. The third kappa shape index (κ3) is 3.06. The Morgan fingerprint density at radius 2 is 2.04 bits per heavy atom. The lowest BCUT2D eigenvalue weighted by Gasteiger charge is -2.29. The minimum Gasteiger partial charge on any atom is -0.361 e. The molecular weight excluding hydrogens is 373 g/mol. The van der Waals surface area contributed by atoms with E-state index in [4.69, 9.17) is 5.73 Å². The largest absolute Gasteiger partial charge is 0.361 e. The summed E-state index contributed by atoms with van der Waals surface area (Å²) in [5, 5.41) is 11.5. The van der Waals surface area contributed by atoms with Crippen LogP contribution in [0.3, 0.4) is 0 Å². The van der Waals surface area contributed by atoms with Gasteiger partial charge in [-0.05, 0) is 37.1 Å². The summed E-state index contributed by atoms with van der Waals surface area (Å²) in [7, 11) is 0. The van der Waals surface area contributed by atoms with E-state index >= 15 is 0 Å². The number of halogens is 1. The number of nitrogens with one attached hydrogen (secondary N) is 1. The van der Waals surface area contributed by atoms with Crippen LogP contribution >= 0.6 is 11.3 Å². The molecule has 5 rings (SSSR count). The van der Waals surface area contributed by atoms with Gasteiger partial charge < -0.3 is 15.6 Å². The van der Waals surface area contributed by atoms with Crippen LogP contribution in [0.2, 0.25) is 0 Å². The van der Waals surface area contributed by atoms with Gasteiger partial charge in [0.05, 0.1) is 0 Å². The number of hydrogen-bond acceptors (Lipinski definition) is 5. The van der Waals surface area contributed by atoms with E-state index in [9.17, 15) is 4.39 Å². The van der Waals surface area contributed by atoms with Crippen molar-refractivity contribution in [1.82, 2.24) is 15.2 Å². The van der Waals surface area contributed by atoms with Gasteiger partial charge in [-0.25, -0.2) is 4.39 Å². The molecule has 1 atom stereocenters. The summed E-state index contributed by atoms with van der Waals surface area (Å²) in [4.78, 5) is 5.45. The van der Waals surface area contributed by atoms with Crippen LogP contribution < -0.4 is 10.6 Å². The lowest BCUT2D eigenvalue weighted by atomic mass is 10.0. The van der Waals surface area contributed by atoms with E-state index < -0.39 is 0 Å². The third-order valence-electron chi connectivity index (χ3n) is 5.24. The summed E-state index contributed by atoms with van der Waals surface area (Å²) in [6.07, 6.45) is 4.00. The van der Waals surface area contributed by atoms with Crippen molar-refractivity contribution in [2.24, 2.45) is 5.73 Å². The predicted molar refractivity (Wildman–Crippen MR) is 112 cm³/mol. The van der Waals surface area contributed by atoms with Crippen molar-refractivity contribution in [3.63, 3.8) is 0 Å². The molecule has 0 spiro atoms. The van der Waals surface area contributed by atoms with Crippen molar-refractivity contribution in [2.45, 2.75) is 18.9 Å². The fraction of sp³-hybridized carbons (Fsp3) is 0.238. The highest BCUT2D eigenvalue weighted by Crippen LogP contribution is 2.35. The molecular formula is C21H20FN5S. The van der Waals surface area contributed by atoms with E-state index in [1.54, 1.807) is 23.5 Å². The maximum atomic E-state index is 14.3. The average Bonchev–Trinajstić information content (AvgIpc) is 3.35. The zero-order chi connectivity index (χ0) is 19.1. The fourth-order valence-corrected chi connectivity index (χ4v) is 4.68. The van der Waals surface area contributed by atoms with Gasteiger partial charge in [-0.1, -0.05) is 29.5 Å². The maximum Gasteiger partial charge on any atom is 0.208 e. The number of piperidine rings is 1. The summed E-state index contributed by atoms with van der Waals surface area (Å²) in [5.41, 5.74) is 9.48. The Labute approximate surface area is 166 Å². The summed E-state index contributed by atoms with van der Waals surface area (Å²) in [6, 6.07) is 13.1. The van der Waals surface area contributed by atoms with Gasteiger partial charge in [-0.2, -0.15) is 0 Å². The third-order valence-corrected chi connectivity index (χ3v) is 6.27. The van der Waals surface area contributed by atoms with Crippen molar-refractivity contribution in [2.75, 3.05) is 18.0 Å². The number of nitrogens with zero attached hydrogens (tertiary/aromatic N) is 3. The Kier molecular flexibility index (Phi) is 4.33. The molecule has 3 heterocycles. The van der Waals surface area contributed by atoms with E-state index in [-0.39, 0.29) is 11.9 Å². The predicted octanol–water partition coefficient (Wildman–Crippen LogP) is 4.42. The van der Waals surface area contributed by atoms with Gasteiger partial charge >= 0.3 is 0 Å². The van der Waals surface area contributed by atoms with Gasteiger partial charge in [-0.15, -0.1) is 10.2 Å². The summed E-state index contributed by atoms with van der Waals surface area (Å²) in [6.45, 7) is 1.79. The van der Waals surface area contributed by atoms with E-state index in [0.29, 0.717) is 5.56 Å². The highest BCUT2D eigenvalue weighted by atomic mass is 32.1. The van der Waals surface area contributed by atoms with Gasteiger partial charge in [0.25, 0.3) is 0 Å². The number of nitrogens with two attached hydrogens (primary N) is 1. The van der Waals surface area contributed by atoms with Crippen LogP contribution in [0.1, 0.15) is 12.8 Å². The maximum absolute atomic E-state index is 14.3. The number of anilines is 1. The number of aromatic amines is 1. The first-order valence-corrected chi connectivity index (χ1v) is 10.2. The van der Waals surface area contributed by atoms with Crippen LogP contribution in [0.25, 0.3) is 32.6 Å². The first kappa shape index (κ1) is 17.3. The molecule has 0 bridgehead atoms. The van der Waals surface area contributed by atoms with Crippen LogP contribution in [0, 0.1) is 5.82 Å². The highest BCUT2D eigenvalue weighted by Gasteiger charge is 2.21. The quantitative estimate of drug-likeness (QED) is 0.541. The molecule has 2 aromatic carbocycles. The highest BCUT2D eigenvalue weighted by molar-refractivity contribution is 7.18. The summed E-state index contributed by atoms with van der Waals surface area (Å²) < 4.78 is 14.3. The van der Waals surface area contributed by atoms with Crippen molar-refractivity contribution >= 4 is 27.4 Å². The molecule has 28 heavy (non-hydrogen) atoms. The molecule has 0 aliphatic carbocycles. The Morgan fingerprint density at radius 1 is 1.14 bits per heavy atom. The van der Waals surface area contributed by atoms with Crippen LogP contribution in [0.15, 0.2) is 48.7 Å². The Morgan fingerprint density at radius 3 is 2.89 bits per heavy atom. The van der Waals surface area contributed by atoms with E-state index in [2.05, 4.69) is 26.1 Å². The number of aromatic nitrogens is 3. The monoisotopic (exact) mass is 393 g/mol. The summed E-state index contributed by atoms with van der Waals surface area (Å²) >= 11 is 1.57. The molecule has 4 aromatic rings. The number of fused-ring (bicyclic) bond motifs is 1. The smallest absolute Gasteiger partial charge is 0.208 e. The van der Waals surface area contributed by atoms with E-state index in [1.165, 1.54) is 6.07 Å². The minimum absolute atomic E-state index is 0.195. The lowest BCUT2D eigenvalue weighted by molar-refractivity contribution is 0.505. The van der Waals surface area contributed by atoms with Gasteiger partial charge in [0, 0.05) is 52.9 Å². The second-order valence-corrected chi connectivity index (χ2v) is 8.14. The molecule has 1 aliphatic rings. The van der Waals surface area contributed by atoms with Crippen molar-refractivity contribution < 1.29 is 4.39 Å². The first-order valence-electron chi connectivity index (χ1n) is 9.39. The van der Waals surface area contributed by atoms with Crippen LogP contribution in [-0.4, -0.2) is 34.3 Å². The molecule has 142 valence electrons. The van der Waals surface area contributed by atoms with E-state index in [1.807, 2.05) is 24.4 Å². The molecule has 3 N–H and O–H groups in total. The van der Waals surface area contributed by atoms with Gasteiger partial charge in [0.15, 0.2) is 0 Å². The molecule has 0 radical (unpaired) electrons. The molecule has 1 saturated heterocycles. The van der Waals surface area contributed by atoms with Gasteiger partial charge in [0.2, 0.25) is 5.13 Å². The number of benzene rings is 2. The lowest BCUT2D eigenvalue weighted by Crippen LogP contribution is -2.42. The van der Waals surface area contributed by atoms with Crippen molar-refractivity contribution in [3.8, 4) is 21.7 Å². The Balaban J connectivity index is 1.52. The molecule has 1 aliphatic heterocycles. The second-order valence-electron chi connectivity index (χ2n) is 7.18. The second kappa shape index (κ2) is 7.00. The van der Waals surface area contributed by atoms with Crippen LogP contribution in [0.4, 0.5) is 9.52 Å². The summed E-state index contributed by atoms with van der Waals surface area (Å²) in [5.74, 6) is -0.228. The molecule has 5 nitrogen and oxygen atoms in total. The molecule has 7 heteroatoms. The zero-order valence-electron chi connectivity index (χ0n) is 15.2. The van der Waals surface area contributed by atoms with Crippen molar-refractivity contribution in [3.05, 3.63) is 54.5 Å². The molecule has 1 fully saturated rings. The molecule has 0 amide bonds. The number of H-pyrrole nitrogens is 1. The SMILES string of the molecule is NC1CCCN(c2nnc(-c3ccc4[nH]cc(-c5ccccc5F)c4c3)s2)C1. The van der Waals surface area contributed by atoms with Crippen LogP contribution in [0.5, 0.6) is 0 Å². The van der Waals surface area contributed by atoms with Gasteiger partial charge in [-0.3, -0.25) is 0 Å². The number of hydrogen-bond donors (Lipinski definition) is 2. The topological polar surface area (TPSA) is 70.8 Å². The molecule has 0 saturated carbocycles. The fourth-order valence-electron chi connectivity index (χ4n) is 3.80. The Hall–Kier alpha value is -2.77. The number of rotatable bonds is 3. The normalized spacial score (nSPS) is 17.4. The first-order chi connectivity index (χ1) is 13.7. The minimum atomic E-state index is -0.228. The van der Waals surface area contributed by atoms with Crippen molar-refractivity contribution in [1.29, 1.82) is 0 Å². The van der Waals surface area contributed by atoms with E-state index in [0.717, 1.165) is 58.1 Å². The molecule has 1 unspecified atom stereocenters. The standard InChI is InChI=1S/C21H20FN5S/c22-18-6-2-1-5-15(18)17-11-24-19-8-7-13(10-16(17)19)20-25-26-21(28-20)27-9-3-4-14(23)12-27/h1-2,5-8,10-11,14,24H,3-4,9,12,23H2. The zero-order valence-corrected chi connectivity index (χ0v) is 16.0. The molecule has 2 aromatic heterocycles. The van der Waals surface area contributed by atoms with Gasteiger partial charge in [0.1, 0.15) is 10.8 Å². The Bertz CT molecular complexity index is 1130. The van der Waals surface area contributed by atoms with Crippen LogP contribution in [-0.2, 0) is 0 Å².